The number of hydrogen-bond acceptors (Lipinski definition) is 4. The molecule has 0 bridgehead atoms. The van der Waals surface area contributed by atoms with Gasteiger partial charge < -0.3 is 0 Å². The second-order valence-corrected chi connectivity index (χ2v) is 3.53. The largest absolute Gasteiger partial charge is 0.288 e. The van der Waals surface area contributed by atoms with Gasteiger partial charge in [-0.25, -0.2) is 0 Å². The number of thiophene rings is 1. The molecule has 0 atom stereocenters. The average molecular weight is 194 g/mol. The normalized spacial score (nSPS) is 9.23. The van der Waals surface area contributed by atoms with E-state index in [1.54, 1.807) is 6.92 Å². The number of nitriles is 1. The third kappa shape index (κ3) is 1.73. The van der Waals surface area contributed by atoms with Crippen LogP contribution in [0.5, 0.6) is 0 Å². The summed E-state index contributed by atoms with van der Waals surface area (Å²) in [6.07, 6.45) is 0. The summed E-state index contributed by atoms with van der Waals surface area (Å²) in [6, 6.07) is 3.14. The van der Waals surface area contributed by atoms with Crippen molar-refractivity contribution in [3.05, 3.63) is 32.5 Å². The molecule has 0 saturated heterocycles. The van der Waals surface area contributed by atoms with Crippen molar-refractivity contribution < 1.29 is 4.92 Å². The maximum Gasteiger partial charge on any atom is 0.288 e. The lowest BCUT2D eigenvalue weighted by molar-refractivity contribution is -0.384. The summed E-state index contributed by atoms with van der Waals surface area (Å²) in [5.74, 6) is 0. The Morgan fingerprint density at radius 2 is 2.46 bits per heavy atom. The Labute approximate surface area is 78.9 Å². The Bertz CT molecular complexity index is 383. The molecule has 13 heavy (non-hydrogen) atoms. The Balaban J connectivity index is 3.33. The van der Waals surface area contributed by atoms with Crippen LogP contribution in [0.3, 0.4) is 0 Å². The Morgan fingerprint density at radius 3 is 2.77 bits per heavy atom. The molecule has 0 spiro atoms. The zero-order valence-corrected chi connectivity index (χ0v) is 7.72. The summed E-state index contributed by atoms with van der Waals surface area (Å²) < 4.78 is 0. The van der Waals surface area contributed by atoms with Crippen molar-refractivity contribution in [2.75, 3.05) is 0 Å². The molecule has 0 fully saturated rings. The van der Waals surface area contributed by atoms with Crippen molar-refractivity contribution in [3.63, 3.8) is 0 Å². The standard InChI is InChI=1S/C8H6N2O2S/c1-5(2)8-7(10(11)12)3-6(4-9)13-8/h3H,1H2,2H3. The van der Waals surface area contributed by atoms with Gasteiger partial charge in [-0.05, 0) is 12.5 Å². The van der Waals surface area contributed by atoms with Crippen molar-refractivity contribution in [2.45, 2.75) is 6.92 Å². The van der Waals surface area contributed by atoms with E-state index >= 15 is 0 Å². The molecule has 0 radical (unpaired) electrons. The molecule has 0 saturated carbocycles. The van der Waals surface area contributed by atoms with Gasteiger partial charge in [0.15, 0.2) is 0 Å². The van der Waals surface area contributed by atoms with Crippen LogP contribution >= 0.6 is 11.3 Å². The second kappa shape index (κ2) is 3.37. The highest BCUT2D eigenvalue weighted by Gasteiger charge is 2.18. The first-order valence-corrected chi connectivity index (χ1v) is 4.22. The van der Waals surface area contributed by atoms with Crippen molar-refractivity contribution in [2.24, 2.45) is 0 Å². The quantitative estimate of drug-likeness (QED) is 0.536. The van der Waals surface area contributed by atoms with Crippen molar-refractivity contribution >= 4 is 22.6 Å². The van der Waals surface area contributed by atoms with Crippen molar-refractivity contribution in [1.82, 2.24) is 0 Å². The van der Waals surface area contributed by atoms with Gasteiger partial charge in [0.05, 0.1) is 4.92 Å². The van der Waals surface area contributed by atoms with Crippen LogP contribution in [0.1, 0.15) is 16.7 Å². The zero-order valence-electron chi connectivity index (χ0n) is 6.90. The van der Waals surface area contributed by atoms with Crippen LogP contribution in [0.25, 0.3) is 5.57 Å². The first kappa shape index (κ1) is 9.42. The van der Waals surface area contributed by atoms with Gasteiger partial charge in [-0.1, -0.05) is 6.58 Å². The number of rotatable bonds is 2. The predicted octanol–water partition coefficient (Wildman–Crippen LogP) is 2.56. The van der Waals surface area contributed by atoms with Crippen molar-refractivity contribution in [3.8, 4) is 6.07 Å². The molecule has 0 aliphatic rings. The van der Waals surface area contributed by atoms with Crippen LogP contribution < -0.4 is 0 Å². The third-order valence-electron chi connectivity index (χ3n) is 1.41. The fourth-order valence-electron chi connectivity index (χ4n) is 0.878. The maximum atomic E-state index is 10.5. The number of nitro groups is 1. The van der Waals surface area contributed by atoms with Crippen LogP contribution in [0, 0.1) is 21.4 Å². The number of allylic oxidation sites excluding steroid dienone is 1. The summed E-state index contributed by atoms with van der Waals surface area (Å²) in [5.41, 5.74) is 0.576. The van der Waals surface area contributed by atoms with Gasteiger partial charge in [-0.15, -0.1) is 11.3 Å². The molecule has 4 nitrogen and oxygen atoms in total. The summed E-state index contributed by atoms with van der Waals surface area (Å²) in [4.78, 5) is 10.8. The van der Waals surface area contributed by atoms with Crippen LogP contribution in [0.2, 0.25) is 0 Å². The lowest BCUT2D eigenvalue weighted by Crippen LogP contribution is -1.87. The van der Waals surface area contributed by atoms with Gasteiger partial charge in [-0.3, -0.25) is 10.1 Å². The van der Waals surface area contributed by atoms with Crippen LogP contribution in [0.4, 0.5) is 5.69 Å². The lowest BCUT2D eigenvalue weighted by Gasteiger charge is -1.91. The molecule has 5 heteroatoms. The first-order valence-electron chi connectivity index (χ1n) is 3.40. The monoisotopic (exact) mass is 194 g/mol. The molecule has 0 aliphatic carbocycles. The minimum absolute atomic E-state index is 0.0333. The van der Waals surface area contributed by atoms with E-state index in [-0.39, 0.29) is 5.69 Å². The smallest absolute Gasteiger partial charge is 0.258 e. The van der Waals surface area contributed by atoms with Gasteiger partial charge in [0.1, 0.15) is 15.8 Å². The fourth-order valence-corrected chi connectivity index (χ4v) is 1.73. The summed E-state index contributed by atoms with van der Waals surface area (Å²) >= 11 is 1.09. The first-order chi connectivity index (χ1) is 6.06. The highest BCUT2D eigenvalue weighted by molar-refractivity contribution is 7.14. The Morgan fingerprint density at radius 1 is 1.85 bits per heavy atom. The van der Waals surface area contributed by atoms with E-state index in [0.717, 1.165) is 11.3 Å². The van der Waals surface area contributed by atoms with E-state index in [4.69, 9.17) is 5.26 Å². The molecule has 1 rings (SSSR count). The van der Waals surface area contributed by atoms with Crippen molar-refractivity contribution in [1.29, 1.82) is 5.26 Å². The molecule has 66 valence electrons. The molecular formula is C8H6N2O2S. The van der Waals surface area contributed by atoms with E-state index in [0.29, 0.717) is 15.3 Å². The maximum absolute atomic E-state index is 10.5. The van der Waals surface area contributed by atoms with Gasteiger partial charge in [0, 0.05) is 6.07 Å². The predicted molar refractivity (Wildman–Crippen MR) is 50.4 cm³/mol. The van der Waals surface area contributed by atoms with Crippen LogP contribution in [-0.4, -0.2) is 4.92 Å². The number of hydrogen-bond donors (Lipinski definition) is 0. The minimum atomic E-state index is -0.499. The molecule has 0 N–H and O–H groups in total. The van der Waals surface area contributed by atoms with E-state index in [2.05, 4.69) is 6.58 Å². The van der Waals surface area contributed by atoms with Gasteiger partial charge in [-0.2, -0.15) is 5.26 Å². The molecule has 0 aromatic carbocycles. The molecule has 1 aromatic heterocycles. The van der Waals surface area contributed by atoms with E-state index < -0.39 is 4.92 Å². The molecule has 1 heterocycles. The zero-order chi connectivity index (χ0) is 10.0. The topological polar surface area (TPSA) is 66.9 Å². The molecule has 0 unspecified atom stereocenters. The van der Waals surface area contributed by atoms with Gasteiger partial charge >= 0.3 is 0 Å². The molecule has 0 aliphatic heterocycles. The van der Waals surface area contributed by atoms with Gasteiger partial charge in [0.2, 0.25) is 0 Å². The third-order valence-corrected chi connectivity index (χ3v) is 2.60. The van der Waals surface area contributed by atoms with Gasteiger partial charge in [0.25, 0.3) is 5.69 Å². The Kier molecular flexibility index (Phi) is 2.44. The van der Waals surface area contributed by atoms with E-state index in [1.165, 1.54) is 6.07 Å². The number of nitrogens with zero attached hydrogens (tertiary/aromatic N) is 2. The fraction of sp³-hybridized carbons (Fsp3) is 0.125. The summed E-state index contributed by atoms with van der Waals surface area (Å²) in [6.45, 7) is 5.29. The molecule has 1 aromatic rings. The molecule has 0 amide bonds. The van der Waals surface area contributed by atoms with Crippen LogP contribution in [0.15, 0.2) is 12.6 Å². The van der Waals surface area contributed by atoms with E-state index in [9.17, 15) is 10.1 Å². The van der Waals surface area contributed by atoms with E-state index in [1.807, 2.05) is 6.07 Å². The highest BCUT2D eigenvalue weighted by atomic mass is 32.1. The SMILES string of the molecule is C=C(C)c1sc(C#N)cc1[N+](=O)[O-]. The lowest BCUT2D eigenvalue weighted by atomic mass is 10.2. The molecular weight excluding hydrogens is 188 g/mol. The average Bonchev–Trinajstić information content (AvgIpc) is 2.47. The summed E-state index contributed by atoms with van der Waals surface area (Å²) in [7, 11) is 0. The minimum Gasteiger partial charge on any atom is -0.258 e. The highest BCUT2D eigenvalue weighted by Crippen LogP contribution is 2.33. The Hall–Kier alpha value is -1.67. The van der Waals surface area contributed by atoms with Crippen LogP contribution in [-0.2, 0) is 0 Å². The second-order valence-electron chi connectivity index (χ2n) is 2.47. The summed E-state index contributed by atoms with van der Waals surface area (Å²) in [5, 5.41) is 19.1.